The van der Waals surface area contributed by atoms with Gasteiger partial charge in [0.05, 0.1) is 32.9 Å². The molecule has 0 saturated carbocycles. The zero-order valence-electron chi connectivity index (χ0n) is 19.8. The Balaban J connectivity index is 1.97. The number of ether oxygens (including phenoxy) is 3. The number of Topliss-reactive ketones (excluding diaryl/α,β-unsaturated/α-hetero) is 1. The third-order valence-electron chi connectivity index (χ3n) is 5.72. The molecule has 176 valence electrons. The highest BCUT2D eigenvalue weighted by Gasteiger charge is 2.44. The Morgan fingerprint density at radius 1 is 1.00 bits per heavy atom. The number of nitrogens with zero attached hydrogens (tertiary/aromatic N) is 1. The van der Waals surface area contributed by atoms with E-state index in [0.29, 0.717) is 35.8 Å². The minimum Gasteiger partial charge on any atom is -0.503 e. The SMILES string of the molecule is COc1ccc(CCN2C(=O)C(O)=C(C(=O)CC(C)C)C2c2ccccc2OC)cc1OC. The highest BCUT2D eigenvalue weighted by Crippen LogP contribution is 2.42. The molecule has 0 fully saturated rings. The Kier molecular flexibility index (Phi) is 7.63. The largest absolute Gasteiger partial charge is 0.503 e. The minimum absolute atomic E-state index is 0.0898. The van der Waals surface area contributed by atoms with Gasteiger partial charge >= 0.3 is 0 Å². The van der Waals surface area contributed by atoms with Gasteiger partial charge in [-0.05, 0) is 36.1 Å². The Hall–Kier alpha value is -3.48. The molecule has 7 heteroatoms. The summed E-state index contributed by atoms with van der Waals surface area (Å²) in [6.45, 7) is 4.15. The fraction of sp³-hybridized carbons (Fsp3) is 0.385. The van der Waals surface area contributed by atoms with Crippen LogP contribution in [0.1, 0.15) is 37.4 Å². The summed E-state index contributed by atoms with van der Waals surface area (Å²) in [5.41, 5.74) is 1.73. The van der Waals surface area contributed by atoms with Gasteiger partial charge in [-0.1, -0.05) is 38.1 Å². The topological polar surface area (TPSA) is 85.3 Å². The fourth-order valence-corrected chi connectivity index (χ4v) is 4.15. The molecule has 0 bridgehead atoms. The van der Waals surface area contributed by atoms with Crippen LogP contribution in [0.2, 0.25) is 0 Å². The molecule has 1 unspecified atom stereocenters. The Morgan fingerprint density at radius 3 is 2.30 bits per heavy atom. The van der Waals surface area contributed by atoms with E-state index < -0.39 is 17.7 Å². The number of carbonyl (C=O) groups excluding carboxylic acids is 2. The number of hydrogen-bond donors (Lipinski definition) is 1. The van der Waals surface area contributed by atoms with Crippen molar-refractivity contribution in [3.63, 3.8) is 0 Å². The van der Waals surface area contributed by atoms with Gasteiger partial charge in [0.15, 0.2) is 23.0 Å². The number of hydrogen-bond acceptors (Lipinski definition) is 6. The number of aliphatic hydroxyl groups is 1. The summed E-state index contributed by atoms with van der Waals surface area (Å²) in [5, 5.41) is 10.7. The predicted molar refractivity (Wildman–Crippen MR) is 125 cm³/mol. The maximum atomic E-state index is 13.1. The first-order valence-corrected chi connectivity index (χ1v) is 10.9. The first-order valence-electron chi connectivity index (χ1n) is 10.9. The molecule has 0 aliphatic carbocycles. The third kappa shape index (κ3) is 4.97. The van der Waals surface area contributed by atoms with Gasteiger partial charge in [-0.25, -0.2) is 0 Å². The average molecular weight is 454 g/mol. The molecule has 0 saturated heterocycles. The number of rotatable bonds is 10. The molecular weight excluding hydrogens is 422 g/mol. The second-order valence-electron chi connectivity index (χ2n) is 8.37. The molecule has 0 spiro atoms. The highest BCUT2D eigenvalue weighted by molar-refractivity contribution is 6.09. The van der Waals surface area contributed by atoms with Crippen LogP contribution in [0.4, 0.5) is 0 Å². The van der Waals surface area contributed by atoms with Gasteiger partial charge in [-0.2, -0.15) is 0 Å². The van der Waals surface area contributed by atoms with Gasteiger partial charge in [0, 0.05) is 18.5 Å². The van der Waals surface area contributed by atoms with Gasteiger partial charge in [-0.15, -0.1) is 0 Å². The molecule has 2 aromatic rings. The van der Waals surface area contributed by atoms with Crippen molar-refractivity contribution in [2.24, 2.45) is 5.92 Å². The molecule has 1 aliphatic heterocycles. The first kappa shape index (κ1) is 24.2. The van der Waals surface area contributed by atoms with E-state index in [9.17, 15) is 14.7 Å². The normalized spacial score (nSPS) is 15.9. The van der Waals surface area contributed by atoms with Gasteiger partial charge in [0.1, 0.15) is 5.75 Å². The standard InChI is InChI=1S/C26H31NO6/c1-16(2)14-19(28)23-24(18-8-6-7-9-20(18)31-3)27(26(30)25(23)29)13-12-17-10-11-21(32-4)22(15-17)33-5/h6-11,15-16,24,29H,12-14H2,1-5H3. The monoisotopic (exact) mass is 453 g/mol. The van der Waals surface area contributed by atoms with Crippen molar-refractivity contribution in [2.75, 3.05) is 27.9 Å². The second-order valence-corrected chi connectivity index (χ2v) is 8.37. The van der Waals surface area contributed by atoms with Gasteiger partial charge in [0.25, 0.3) is 5.91 Å². The summed E-state index contributed by atoms with van der Waals surface area (Å²) in [6, 6.07) is 12.1. The van der Waals surface area contributed by atoms with Crippen LogP contribution in [0.3, 0.4) is 0 Å². The number of methoxy groups -OCH3 is 3. The molecule has 2 aromatic carbocycles. The molecule has 1 N–H and O–H groups in total. The van der Waals surface area contributed by atoms with Crippen molar-refractivity contribution < 1.29 is 28.9 Å². The molecule has 0 radical (unpaired) electrons. The number of amides is 1. The summed E-state index contributed by atoms with van der Waals surface area (Å²) >= 11 is 0. The lowest BCUT2D eigenvalue weighted by molar-refractivity contribution is -0.129. The predicted octanol–water partition coefficient (Wildman–Crippen LogP) is 4.27. The van der Waals surface area contributed by atoms with Crippen molar-refractivity contribution in [3.8, 4) is 17.2 Å². The zero-order valence-corrected chi connectivity index (χ0v) is 19.8. The van der Waals surface area contributed by atoms with Crippen molar-refractivity contribution in [2.45, 2.75) is 32.7 Å². The summed E-state index contributed by atoms with van der Waals surface area (Å²) in [7, 11) is 4.68. The quantitative estimate of drug-likeness (QED) is 0.578. The van der Waals surface area contributed by atoms with E-state index in [-0.39, 0.29) is 23.7 Å². The molecule has 0 aromatic heterocycles. The summed E-state index contributed by atoms with van der Waals surface area (Å²) in [5.74, 6) is 0.579. The maximum Gasteiger partial charge on any atom is 0.290 e. The number of carbonyl (C=O) groups is 2. The molecule has 1 atom stereocenters. The third-order valence-corrected chi connectivity index (χ3v) is 5.72. The molecule has 3 rings (SSSR count). The molecule has 33 heavy (non-hydrogen) atoms. The van der Waals surface area contributed by atoms with Crippen LogP contribution in [0.25, 0.3) is 0 Å². The Bertz CT molecular complexity index is 1060. The fourth-order valence-electron chi connectivity index (χ4n) is 4.15. The smallest absolute Gasteiger partial charge is 0.290 e. The van der Waals surface area contributed by atoms with Gasteiger partial charge in [-0.3, -0.25) is 9.59 Å². The van der Waals surface area contributed by atoms with Crippen molar-refractivity contribution in [1.82, 2.24) is 4.90 Å². The minimum atomic E-state index is -0.722. The number of para-hydroxylation sites is 1. The number of aliphatic hydroxyl groups excluding tert-OH is 1. The average Bonchev–Trinajstić information content (AvgIpc) is 3.06. The number of ketones is 1. The van der Waals surface area contributed by atoms with Crippen LogP contribution in [0, 0.1) is 5.92 Å². The van der Waals surface area contributed by atoms with E-state index >= 15 is 0 Å². The van der Waals surface area contributed by atoms with Crippen LogP contribution >= 0.6 is 0 Å². The van der Waals surface area contributed by atoms with Crippen LogP contribution in [0.5, 0.6) is 17.2 Å². The molecule has 1 aliphatic rings. The van der Waals surface area contributed by atoms with E-state index in [4.69, 9.17) is 14.2 Å². The molecule has 1 amide bonds. The van der Waals surface area contributed by atoms with Crippen molar-refractivity contribution in [3.05, 3.63) is 64.9 Å². The summed E-state index contributed by atoms with van der Waals surface area (Å²) in [4.78, 5) is 27.8. The van der Waals surface area contributed by atoms with E-state index in [0.717, 1.165) is 5.56 Å². The van der Waals surface area contributed by atoms with E-state index in [1.807, 2.05) is 50.2 Å². The lowest BCUT2D eigenvalue weighted by Gasteiger charge is -2.28. The summed E-state index contributed by atoms with van der Waals surface area (Å²) in [6.07, 6.45) is 0.735. The Labute approximate surface area is 194 Å². The molecular formula is C26H31NO6. The van der Waals surface area contributed by atoms with Crippen molar-refractivity contribution >= 4 is 11.7 Å². The lowest BCUT2D eigenvalue weighted by Crippen LogP contribution is -2.33. The van der Waals surface area contributed by atoms with E-state index in [1.54, 1.807) is 27.4 Å². The van der Waals surface area contributed by atoms with Crippen molar-refractivity contribution in [1.29, 1.82) is 0 Å². The summed E-state index contributed by atoms with van der Waals surface area (Å²) < 4.78 is 16.2. The van der Waals surface area contributed by atoms with E-state index in [2.05, 4.69) is 0 Å². The first-order chi connectivity index (χ1) is 15.8. The second kappa shape index (κ2) is 10.4. The van der Waals surface area contributed by atoms with Crippen LogP contribution < -0.4 is 14.2 Å². The van der Waals surface area contributed by atoms with Crippen LogP contribution in [-0.2, 0) is 16.0 Å². The van der Waals surface area contributed by atoms with Gasteiger partial charge in [0.2, 0.25) is 0 Å². The van der Waals surface area contributed by atoms with E-state index in [1.165, 1.54) is 4.90 Å². The van der Waals surface area contributed by atoms with Crippen LogP contribution in [-0.4, -0.2) is 49.6 Å². The molecule has 7 nitrogen and oxygen atoms in total. The Morgan fingerprint density at radius 2 is 1.67 bits per heavy atom. The molecule has 1 heterocycles. The van der Waals surface area contributed by atoms with Gasteiger partial charge < -0.3 is 24.2 Å². The lowest BCUT2D eigenvalue weighted by atomic mass is 9.91. The number of benzene rings is 2. The highest BCUT2D eigenvalue weighted by atomic mass is 16.5. The maximum absolute atomic E-state index is 13.1. The zero-order chi connectivity index (χ0) is 24.1. The van der Waals surface area contributed by atoms with Crippen LogP contribution in [0.15, 0.2) is 53.8 Å².